The molecule has 0 saturated carbocycles. The molecule has 0 fully saturated rings. The van der Waals surface area contributed by atoms with E-state index < -0.39 is 0 Å². The predicted octanol–water partition coefficient (Wildman–Crippen LogP) is 5.90. The molecule has 0 aliphatic rings. The molecule has 4 nitrogen and oxygen atoms in total. The molecule has 3 aromatic rings. The molecular formula is C23H27N3O. The Morgan fingerprint density at radius 2 is 1.78 bits per heavy atom. The molecule has 2 N–H and O–H groups in total. The Balaban J connectivity index is 1.67. The van der Waals surface area contributed by atoms with Crippen molar-refractivity contribution in [1.82, 2.24) is 10.2 Å². The number of carbonyl (C=O) groups is 1. The van der Waals surface area contributed by atoms with E-state index in [1.165, 1.54) is 0 Å². The van der Waals surface area contributed by atoms with E-state index in [0.29, 0.717) is 0 Å². The van der Waals surface area contributed by atoms with Crippen LogP contribution in [-0.2, 0) is 4.79 Å². The van der Waals surface area contributed by atoms with Crippen molar-refractivity contribution in [2.24, 2.45) is 5.92 Å². The summed E-state index contributed by atoms with van der Waals surface area (Å²) in [5, 5.41) is 10.5. The van der Waals surface area contributed by atoms with Crippen molar-refractivity contribution in [3.8, 4) is 22.5 Å². The van der Waals surface area contributed by atoms with Gasteiger partial charge in [-0.2, -0.15) is 5.10 Å². The lowest BCUT2D eigenvalue weighted by Gasteiger charge is -2.14. The van der Waals surface area contributed by atoms with Crippen LogP contribution in [0.2, 0.25) is 0 Å². The maximum Gasteiger partial charge on any atom is 0.227 e. The molecule has 0 spiro atoms. The van der Waals surface area contributed by atoms with Crippen LogP contribution in [0.3, 0.4) is 0 Å². The van der Waals surface area contributed by atoms with Crippen molar-refractivity contribution in [2.45, 2.75) is 39.5 Å². The number of rotatable bonds is 8. The van der Waals surface area contributed by atoms with Gasteiger partial charge >= 0.3 is 0 Å². The summed E-state index contributed by atoms with van der Waals surface area (Å²) in [5.41, 5.74) is 4.84. The first kappa shape index (κ1) is 18.9. The van der Waals surface area contributed by atoms with Crippen LogP contribution in [0.5, 0.6) is 0 Å². The summed E-state index contributed by atoms with van der Waals surface area (Å²) in [6.45, 7) is 4.23. The van der Waals surface area contributed by atoms with Crippen molar-refractivity contribution in [1.29, 1.82) is 0 Å². The molecule has 3 rings (SSSR count). The zero-order valence-corrected chi connectivity index (χ0v) is 16.0. The quantitative estimate of drug-likeness (QED) is 0.525. The van der Waals surface area contributed by atoms with Gasteiger partial charge in [0.05, 0.1) is 11.4 Å². The molecular weight excluding hydrogens is 334 g/mol. The Labute approximate surface area is 161 Å². The van der Waals surface area contributed by atoms with Crippen molar-refractivity contribution < 1.29 is 4.79 Å². The number of nitrogens with zero attached hydrogens (tertiary/aromatic N) is 1. The normalized spacial score (nSPS) is 11.9. The van der Waals surface area contributed by atoms with E-state index in [1.54, 1.807) is 0 Å². The molecule has 27 heavy (non-hydrogen) atoms. The number of anilines is 1. The Hall–Kier alpha value is -2.88. The first-order valence-electron chi connectivity index (χ1n) is 9.73. The van der Waals surface area contributed by atoms with E-state index in [0.717, 1.165) is 53.9 Å². The standard InChI is InChI=1S/C23H27N3O/c1-3-5-9-17(4-2)23(27)24-20-14-12-19(13-15-20)22-16-21(25-26-22)18-10-7-6-8-11-18/h6-8,10-17H,3-5,9H2,1-2H3,(H,24,27)(H,25,26). The van der Waals surface area contributed by atoms with Crippen LogP contribution in [0.1, 0.15) is 39.5 Å². The van der Waals surface area contributed by atoms with Crippen molar-refractivity contribution in [3.05, 3.63) is 60.7 Å². The number of aromatic nitrogens is 2. The minimum Gasteiger partial charge on any atom is -0.326 e. The van der Waals surface area contributed by atoms with E-state index in [4.69, 9.17) is 0 Å². The molecule has 1 amide bonds. The van der Waals surface area contributed by atoms with E-state index in [-0.39, 0.29) is 11.8 Å². The lowest BCUT2D eigenvalue weighted by molar-refractivity contribution is -0.120. The second-order valence-electron chi connectivity index (χ2n) is 6.85. The topological polar surface area (TPSA) is 57.8 Å². The second kappa shape index (κ2) is 9.17. The van der Waals surface area contributed by atoms with Crippen molar-refractivity contribution in [2.75, 3.05) is 5.32 Å². The summed E-state index contributed by atoms with van der Waals surface area (Å²) in [4.78, 5) is 12.4. The fourth-order valence-corrected chi connectivity index (χ4v) is 3.17. The monoisotopic (exact) mass is 361 g/mol. The molecule has 1 unspecified atom stereocenters. The third-order valence-electron chi connectivity index (χ3n) is 4.88. The zero-order chi connectivity index (χ0) is 19.1. The number of unbranched alkanes of at least 4 members (excludes halogenated alkanes) is 1. The first-order valence-corrected chi connectivity index (χ1v) is 9.73. The highest BCUT2D eigenvalue weighted by Crippen LogP contribution is 2.25. The average molecular weight is 361 g/mol. The van der Waals surface area contributed by atoms with Crippen molar-refractivity contribution >= 4 is 11.6 Å². The highest BCUT2D eigenvalue weighted by atomic mass is 16.1. The van der Waals surface area contributed by atoms with Gasteiger partial charge < -0.3 is 5.32 Å². The number of benzene rings is 2. The average Bonchev–Trinajstić information content (AvgIpc) is 3.20. The molecule has 0 aliphatic heterocycles. The van der Waals surface area contributed by atoms with Crippen LogP contribution in [0, 0.1) is 5.92 Å². The molecule has 140 valence electrons. The van der Waals surface area contributed by atoms with Gasteiger partial charge in [0.1, 0.15) is 0 Å². The fraction of sp³-hybridized carbons (Fsp3) is 0.304. The maximum atomic E-state index is 12.4. The molecule has 2 aromatic carbocycles. The number of hydrogen-bond donors (Lipinski definition) is 2. The van der Waals surface area contributed by atoms with Crippen LogP contribution >= 0.6 is 0 Å². The summed E-state index contributed by atoms with van der Waals surface area (Å²) in [6, 6.07) is 20.0. The van der Waals surface area contributed by atoms with Gasteiger partial charge in [-0.3, -0.25) is 9.89 Å². The van der Waals surface area contributed by atoms with Crippen LogP contribution in [0.25, 0.3) is 22.5 Å². The van der Waals surface area contributed by atoms with E-state index in [2.05, 4.69) is 29.4 Å². The summed E-state index contributed by atoms with van der Waals surface area (Å²) in [7, 11) is 0. The summed E-state index contributed by atoms with van der Waals surface area (Å²) >= 11 is 0. The Morgan fingerprint density at radius 3 is 2.44 bits per heavy atom. The van der Waals surface area contributed by atoms with E-state index in [1.807, 2.05) is 60.7 Å². The van der Waals surface area contributed by atoms with Gasteiger partial charge in [0, 0.05) is 17.2 Å². The van der Waals surface area contributed by atoms with Crippen LogP contribution in [-0.4, -0.2) is 16.1 Å². The largest absolute Gasteiger partial charge is 0.326 e. The predicted molar refractivity (Wildman–Crippen MR) is 111 cm³/mol. The second-order valence-corrected chi connectivity index (χ2v) is 6.85. The van der Waals surface area contributed by atoms with Gasteiger partial charge in [-0.05, 0) is 36.6 Å². The molecule has 1 aromatic heterocycles. The minimum absolute atomic E-state index is 0.0886. The molecule has 1 heterocycles. The molecule has 0 saturated heterocycles. The summed E-state index contributed by atoms with van der Waals surface area (Å²) in [5.74, 6) is 0.206. The summed E-state index contributed by atoms with van der Waals surface area (Å²) < 4.78 is 0. The van der Waals surface area contributed by atoms with Gasteiger partial charge in [0.25, 0.3) is 0 Å². The Bertz CT molecular complexity index is 853. The third kappa shape index (κ3) is 4.85. The SMILES string of the molecule is CCCCC(CC)C(=O)Nc1ccc(-c2cc(-c3ccccc3)n[nH]2)cc1. The molecule has 0 bridgehead atoms. The number of amides is 1. The van der Waals surface area contributed by atoms with Crippen molar-refractivity contribution in [3.63, 3.8) is 0 Å². The number of carbonyl (C=O) groups excluding carboxylic acids is 1. The number of H-pyrrole nitrogens is 1. The van der Waals surface area contributed by atoms with Gasteiger partial charge in [-0.1, -0.05) is 69.2 Å². The number of nitrogens with one attached hydrogen (secondary N) is 2. The fourth-order valence-electron chi connectivity index (χ4n) is 3.17. The van der Waals surface area contributed by atoms with Gasteiger partial charge in [0.2, 0.25) is 5.91 Å². The maximum absolute atomic E-state index is 12.4. The van der Waals surface area contributed by atoms with Gasteiger partial charge in [-0.25, -0.2) is 0 Å². The molecule has 4 heteroatoms. The highest BCUT2D eigenvalue weighted by molar-refractivity contribution is 5.92. The van der Waals surface area contributed by atoms with Crippen LogP contribution in [0.4, 0.5) is 5.69 Å². The molecule has 1 atom stereocenters. The zero-order valence-electron chi connectivity index (χ0n) is 16.0. The van der Waals surface area contributed by atoms with Crippen LogP contribution < -0.4 is 5.32 Å². The smallest absolute Gasteiger partial charge is 0.227 e. The Morgan fingerprint density at radius 1 is 1.04 bits per heavy atom. The third-order valence-corrected chi connectivity index (χ3v) is 4.88. The summed E-state index contributed by atoms with van der Waals surface area (Å²) in [6.07, 6.45) is 4.04. The van der Waals surface area contributed by atoms with Gasteiger partial charge in [-0.15, -0.1) is 0 Å². The Kier molecular flexibility index (Phi) is 6.42. The number of aromatic amines is 1. The van der Waals surface area contributed by atoms with E-state index >= 15 is 0 Å². The minimum atomic E-state index is 0.0886. The van der Waals surface area contributed by atoms with E-state index in [9.17, 15) is 4.79 Å². The highest BCUT2D eigenvalue weighted by Gasteiger charge is 2.16. The molecule has 0 radical (unpaired) electrons. The lowest BCUT2D eigenvalue weighted by Crippen LogP contribution is -2.22. The van der Waals surface area contributed by atoms with Gasteiger partial charge in [0.15, 0.2) is 0 Å². The number of hydrogen-bond acceptors (Lipinski definition) is 2. The lowest BCUT2D eigenvalue weighted by atomic mass is 9.98. The van der Waals surface area contributed by atoms with Crippen LogP contribution in [0.15, 0.2) is 60.7 Å². The molecule has 0 aliphatic carbocycles. The first-order chi connectivity index (χ1) is 13.2.